The minimum Gasteiger partial charge on any atom is -0.349 e. The van der Waals surface area contributed by atoms with E-state index in [-0.39, 0.29) is 17.7 Å². The van der Waals surface area contributed by atoms with Gasteiger partial charge in [-0.1, -0.05) is 0 Å². The van der Waals surface area contributed by atoms with Crippen LogP contribution in [0.5, 0.6) is 0 Å². The summed E-state index contributed by atoms with van der Waals surface area (Å²) in [7, 11) is 0. The maximum Gasteiger partial charge on any atom is 0.261 e. The third-order valence-corrected chi connectivity index (χ3v) is 7.02. The first kappa shape index (κ1) is 15.0. The Morgan fingerprint density at radius 1 is 1.30 bits per heavy atom. The summed E-state index contributed by atoms with van der Waals surface area (Å²) in [6.07, 6.45) is 3.52. The van der Waals surface area contributed by atoms with Crippen molar-refractivity contribution in [3.63, 3.8) is 0 Å². The molecule has 1 saturated carbocycles. The van der Waals surface area contributed by atoms with Crippen molar-refractivity contribution in [3.8, 4) is 0 Å². The predicted octanol–water partition coefficient (Wildman–Crippen LogP) is 3.69. The molecule has 7 heteroatoms. The molecule has 0 unspecified atom stereocenters. The number of amides is 1. The number of hydrogen-bond acceptors (Lipinski definition) is 4. The molecule has 2 aliphatic rings. The van der Waals surface area contributed by atoms with Gasteiger partial charge in [0.1, 0.15) is 0 Å². The van der Waals surface area contributed by atoms with E-state index in [0.717, 1.165) is 38.8 Å². The van der Waals surface area contributed by atoms with Crippen molar-refractivity contribution >= 4 is 49.1 Å². The molecular formula is C13H15Br2NO3S. The molecule has 1 saturated heterocycles. The van der Waals surface area contributed by atoms with Crippen molar-refractivity contribution in [2.24, 2.45) is 0 Å². The molecule has 4 nitrogen and oxygen atoms in total. The summed E-state index contributed by atoms with van der Waals surface area (Å²) in [5, 5.41) is 3.10. The molecule has 0 atom stereocenters. The quantitative estimate of drug-likeness (QED) is 0.787. The summed E-state index contributed by atoms with van der Waals surface area (Å²) in [6.45, 7) is 1.38. The molecule has 1 aliphatic carbocycles. The first-order valence-corrected chi connectivity index (χ1v) is 9.02. The third-order valence-electron chi connectivity index (χ3n) is 3.77. The average Bonchev–Trinajstić information content (AvgIpc) is 3.01. The SMILES string of the molecule is O=C(NC1CCC2(CC1)OCCO2)c1cc(Br)c(Br)s1. The number of rotatable bonds is 2. The number of carbonyl (C=O) groups excluding carboxylic acids is 1. The van der Waals surface area contributed by atoms with Gasteiger partial charge in [-0.25, -0.2) is 0 Å². The summed E-state index contributed by atoms with van der Waals surface area (Å²) in [5.74, 6) is -0.369. The molecular weight excluding hydrogens is 410 g/mol. The summed E-state index contributed by atoms with van der Waals surface area (Å²) in [4.78, 5) is 12.9. The van der Waals surface area contributed by atoms with E-state index in [2.05, 4.69) is 37.2 Å². The van der Waals surface area contributed by atoms with E-state index in [1.54, 1.807) is 0 Å². The minimum atomic E-state index is -0.365. The predicted molar refractivity (Wildman–Crippen MR) is 84.1 cm³/mol. The fraction of sp³-hybridized carbons (Fsp3) is 0.615. The molecule has 0 bridgehead atoms. The number of ether oxygens (including phenoxy) is 2. The second-order valence-corrected chi connectivity index (χ2v) is 8.31. The maximum absolute atomic E-state index is 12.2. The molecule has 0 radical (unpaired) electrons. The van der Waals surface area contributed by atoms with E-state index >= 15 is 0 Å². The Morgan fingerprint density at radius 3 is 2.50 bits per heavy atom. The molecule has 110 valence electrons. The molecule has 1 aliphatic heterocycles. The van der Waals surface area contributed by atoms with E-state index in [1.165, 1.54) is 11.3 Å². The zero-order valence-corrected chi connectivity index (χ0v) is 14.8. The molecule has 2 heterocycles. The van der Waals surface area contributed by atoms with Crippen LogP contribution in [0.3, 0.4) is 0 Å². The van der Waals surface area contributed by atoms with Crippen LogP contribution in [0, 0.1) is 0 Å². The molecule has 1 N–H and O–H groups in total. The van der Waals surface area contributed by atoms with Crippen molar-refractivity contribution in [3.05, 3.63) is 19.2 Å². The van der Waals surface area contributed by atoms with Crippen LogP contribution in [0.15, 0.2) is 14.3 Å². The van der Waals surface area contributed by atoms with Gasteiger partial charge in [0, 0.05) is 23.4 Å². The smallest absolute Gasteiger partial charge is 0.261 e. The van der Waals surface area contributed by atoms with E-state index in [9.17, 15) is 4.79 Å². The van der Waals surface area contributed by atoms with Gasteiger partial charge in [0.15, 0.2) is 5.79 Å². The maximum atomic E-state index is 12.2. The zero-order valence-electron chi connectivity index (χ0n) is 10.8. The van der Waals surface area contributed by atoms with Crippen LogP contribution in [-0.2, 0) is 9.47 Å². The van der Waals surface area contributed by atoms with Gasteiger partial charge in [0.2, 0.25) is 0 Å². The lowest BCUT2D eigenvalue weighted by molar-refractivity contribution is -0.179. The third kappa shape index (κ3) is 3.11. The Kier molecular flexibility index (Phi) is 4.52. The summed E-state index contributed by atoms with van der Waals surface area (Å²) in [6, 6.07) is 2.05. The van der Waals surface area contributed by atoms with Gasteiger partial charge in [0.25, 0.3) is 5.91 Å². The number of nitrogens with one attached hydrogen (secondary N) is 1. The number of thiophene rings is 1. The lowest BCUT2D eigenvalue weighted by Crippen LogP contribution is -2.43. The van der Waals surface area contributed by atoms with Crippen LogP contribution < -0.4 is 5.32 Å². The highest BCUT2D eigenvalue weighted by Crippen LogP contribution is 2.36. The van der Waals surface area contributed by atoms with Crippen LogP contribution in [0.2, 0.25) is 0 Å². The van der Waals surface area contributed by atoms with Gasteiger partial charge in [-0.15, -0.1) is 11.3 Å². The Hall–Kier alpha value is 0.0500. The Bertz CT molecular complexity index is 484. The molecule has 3 rings (SSSR count). The van der Waals surface area contributed by atoms with Crippen molar-refractivity contribution < 1.29 is 14.3 Å². The average molecular weight is 425 g/mol. The number of hydrogen-bond donors (Lipinski definition) is 1. The zero-order chi connectivity index (χ0) is 14.2. The fourth-order valence-corrected chi connectivity index (χ4v) is 4.64. The lowest BCUT2D eigenvalue weighted by atomic mass is 9.90. The lowest BCUT2D eigenvalue weighted by Gasteiger charge is -2.35. The molecule has 0 aromatic carbocycles. The highest BCUT2D eigenvalue weighted by atomic mass is 79.9. The highest BCUT2D eigenvalue weighted by molar-refractivity contribution is 9.13. The highest BCUT2D eigenvalue weighted by Gasteiger charge is 2.40. The molecule has 1 spiro atoms. The van der Waals surface area contributed by atoms with Crippen molar-refractivity contribution in [1.29, 1.82) is 0 Å². The molecule has 1 amide bonds. The van der Waals surface area contributed by atoms with Gasteiger partial charge in [0.05, 0.1) is 21.9 Å². The molecule has 1 aromatic rings. The van der Waals surface area contributed by atoms with E-state index in [0.29, 0.717) is 13.2 Å². The first-order chi connectivity index (χ1) is 9.58. The Labute approximate surface area is 138 Å². The van der Waals surface area contributed by atoms with Crippen LogP contribution in [0.25, 0.3) is 0 Å². The van der Waals surface area contributed by atoms with Crippen LogP contribution in [0.4, 0.5) is 0 Å². The summed E-state index contributed by atoms with van der Waals surface area (Å²) in [5.41, 5.74) is 0. The Morgan fingerprint density at radius 2 is 1.95 bits per heavy atom. The van der Waals surface area contributed by atoms with E-state index in [1.807, 2.05) is 6.07 Å². The largest absolute Gasteiger partial charge is 0.349 e. The van der Waals surface area contributed by atoms with E-state index < -0.39 is 0 Å². The normalized spacial score (nSPS) is 22.3. The molecule has 20 heavy (non-hydrogen) atoms. The van der Waals surface area contributed by atoms with Gasteiger partial charge < -0.3 is 14.8 Å². The topological polar surface area (TPSA) is 47.6 Å². The standard InChI is InChI=1S/C13H15Br2NO3S/c14-9-7-10(20-11(9)15)12(17)16-8-1-3-13(4-2-8)18-5-6-19-13/h7-8H,1-6H2,(H,16,17). The monoisotopic (exact) mass is 423 g/mol. The van der Waals surface area contributed by atoms with Crippen molar-refractivity contribution in [1.82, 2.24) is 5.32 Å². The van der Waals surface area contributed by atoms with Gasteiger partial charge in [-0.05, 0) is 50.8 Å². The van der Waals surface area contributed by atoms with Crippen LogP contribution in [-0.4, -0.2) is 30.9 Å². The second-order valence-electron chi connectivity index (χ2n) is 5.09. The summed E-state index contributed by atoms with van der Waals surface area (Å²) >= 11 is 8.25. The van der Waals surface area contributed by atoms with Crippen molar-refractivity contribution in [2.75, 3.05) is 13.2 Å². The molecule has 1 aromatic heterocycles. The number of carbonyl (C=O) groups is 1. The fourth-order valence-electron chi connectivity index (χ4n) is 2.70. The van der Waals surface area contributed by atoms with Gasteiger partial charge in [-0.3, -0.25) is 4.79 Å². The van der Waals surface area contributed by atoms with Gasteiger partial charge >= 0.3 is 0 Å². The van der Waals surface area contributed by atoms with E-state index in [4.69, 9.17) is 9.47 Å². The van der Waals surface area contributed by atoms with Crippen LogP contribution >= 0.6 is 43.2 Å². The van der Waals surface area contributed by atoms with Gasteiger partial charge in [-0.2, -0.15) is 0 Å². The van der Waals surface area contributed by atoms with Crippen molar-refractivity contribution in [2.45, 2.75) is 37.5 Å². The number of halogens is 2. The van der Waals surface area contributed by atoms with Crippen LogP contribution in [0.1, 0.15) is 35.4 Å². The molecule has 2 fully saturated rings. The summed E-state index contributed by atoms with van der Waals surface area (Å²) < 4.78 is 13.2. The Balaban J connectivity index is 1.55. The second kappa shape index (κ2) is 6.04. The minimum absolute atomic E-state index is 0.00407. The first-order valence-electron chi connectivity index (χ1n) is 6.62.